The van der Waals surface area contributed by atoms with Gasteiger partial charge in [-0.1, -0.05) is 0 Å². The first-order chi connectivity index (χ1) is 13.0. The van der Waals surface area contributed by atoms with Crippen molar-refractivity contribution < 1.29 is 17.9 Å². The number of nitrogens with zero attached hydrogens (tertiary/aromatic N) is 2. The van der Waals surface area contributed by atoms with Crippen LogP contribution < -0.4 is 10.1 Å². The molecule has 1 aromatic rings. The third-order valence-electron chi connectivity index (χ3n) is 5.87. The largest absolute Gasteiger partial charge is 0.492 e. The van der Waals surface area contributed by atoms with Gasteiger partial charge in [-0.25, -0.2) is 8.42 Å². The summed E-state index contributed by atoms with van der Waals surface area (Å²) in [4.78, 5) is 7.05. The van der Waals surface area contributed by atoms with Crippen LogP contribution in [-0.2, 0) is 14.6 Å². The Kier molecular flexibility index (Phi) is 5.03. The summed E-state index contributed by atoms with van der Waals surface area (Å²) in [5.41, 5.74) is 0. The SMILES string of the molecule is CN=C(NCCOc1ccc(S(C)(=O)=O)cc1)N1CC2C3CCC(O3)C2C1. The van der Waals surface area contributed by atoms with Crippen LogP contribution in [0.3, 0.4) is 0 Å². The number of benzene rings is 1. The fraction of sp³-hybridized carbons (Fsp3) is 0.632. The fourth-order valence-electron chi connectivity index (χ4n) is 4.58. The molecule has 0 aliphatic carbocycles. The normalized spacial score (nSPS) is 29.9. The molecule has 0 saturated carbocycles. The van der Waals surface area contributed by atoms with E-state index in [0.717, 1.165) is 19.0 Å². The zero-order chi connectivity index (χ0) is 19.0. The van der Waals surface area contributed by atoms with E-state index in [1.54, 1.807) is 24.3 Å². The van der Waals surface area contributed by atoms with Crippen molar-refractivity contribution in [2.75, 3.05) is 39.5 Å². The lowest BCUT2D eigenvalue weighted by atomic mass is 9.82. The van der Waals surface area contributed by atoms with Gasteiger partial charge < -0.3 is 19.7 Å². The second kappa shape index (κ2) is 7.31. The number of hydrogen-bond donors (Lipinski definition) is 1. The summed E-state index contributed by atoms with van der Waals surface area (Å²) in [6, 6.07) is 6.50. The van der Waals surface area contributed by atoms with Gasteiger partial charge in [0.15, 0.2) is 15.8 Å². The van der Waals surface area contributed by atoms with E-state index in [2.05, 4.69) is 15.2 Å². The van der Waals surface area contributed by atoms with Gasteiger partial charge in [-0.15, -0.1) is 0 Å². The summed E-state index contributed by atoms with van der Waals surface area (Å²) >= 11 is 0. The molecule has 3 aliphatic rings. The van der Waals surface area contributed by atoms with Crippen molar-refractivity contribution in [3.63, 3.8) is 0 Å². The van der Waals surface area contributed by atoms with E-state index in [1.807, 2.05) is 7.05 Å². The van der Waals surface area contributed by atoms with Crippen LogP contribution in [0, 0.1) is 11.8 Å². The minimum Gasteiger partial charge on any atom is -0.492 e. The molecule has 7 nitrogen and oxygen atoms in total. The average molecular weight is 394 g/mol. The highest BCUT2D eigenvalue weighted by molar-refractivity contribution is 7.90. The lowest BCUT2D eigenvalue weighted by Crippen LogP contribution is -2.42. The molecule has 4 atom stereocenters. The predicted molar refractivity (Wildman–Crippen MR) is 103 cm³/mol. The van der Waals surface area contributed by atoms with Crippen LogP contribution in [0.4, 0.5) is 0 Å². The van der Waals surface area contributed by atoms with Crippen molar-refractivity contribution in [1.82, 2.24) is 10.2 Å². The Bertz CT molecular complexity index is 791. The summed E-state index contributed by atoms with van der Waals surface area (Å²) < 4.78 is 34.7. The Morgan fingerprint density at radius 3 is 2.41 bits per heavy atom. The minimum absolute atomic E-state index is 0.297. The molecule has 0 radical (unpaired) electrons. The zero-order valence-corrected chi connectivity index (χ0v) is 16.6. The van der Waals surface area contributed by atoms with Gasteiger partial charge in [0.2, 0.25) is 0 Å². The molecule has 2 bridgehead atoms. The van der Waals surface area contributed by atoms with E-state index >= 15 is 0 Å². The highest BCUT2D eigenvalue weighted by Gasteiger charge is 2.53. The van der Waals surface area contributed by atoms with Crippen molar-refractivity contribution in [3.8, 4) is 5.75 Å². The molecule has 3 aliphatic heterocycles. The fourth-order valence-corrected chi connectivity index (χ4v) is 5.21. The third kappa shape index (κ3) is 3.78. The summed E-state index contributed by atoms with van der Waals surface area (Å²) in [5.74, 6) is 2.86. The highest BCUT2D eigenvalue weighted by atomic mass is 32.2. The average Bonchev–Trinajstić information content (AvgIpc) is 3.34. The monoisotopic (exact) mass is 393 g/mol. The number of rotatable bonds is 5. The van der Waals surface area contributed by atoms with Gasteiger partial charge in [-0.05, 0) is 37.1 Å². The maximum atomic E-state index is 11.5. The van der Waals surface area contributed by atoms with Gasteiger partial charge in [-0.2, -0.15) is 0 Å². The number of nitrogens with one attached hydrogen (secondary N) is 1. The van der Waals surface area contributed by atoms with Gasteiger partial charge in [0, 0.05) is 38.2 Å². The smallest absolute Gasteiger partial charge is 0.193 e. The zero-order valence-electron chi connectivity index (χ0n) is 15.8. The summed E-state index contributed by atoms with van der Waals surface area (Å²) in [7, 11) is -1.37. The Morgan fingerprint density at radius 1 is 1.22 bits per heavy atom. The third-order valence-corrected chi connectivity index (χ3v) is 7.00. The van der Waals surface area contributed by atoms with Crippen molar-refractivity contribution in [3.05, 3.63) is 24.3 Å². The standard InChI is InChI=1S/C19H27N3O4S/c1-20-19(22-11-15-16(12-22)18-8-7-17(15)26-18)21-9-10-25-13-3-5-14(6-4-13)27(2,23)24/h3-6,15-18H,7-12H2,1-2H3,(H,20,21). The van der Waals surface area contributed by atoms with E-state index < -0.39 is 9.84 Å². The van der Waals surface area contributed by atoms with Gasteiger partial charge >= 0.3 is 0 Å². The maximum absolute atomic E-state index is 11.5. The summed E-state index contributed by atoms with van der Waals surface area (Å²) in [5, 5.41) is 3.37. The van der Waals surface area contributed by atoms with E-state index in [4.69, 9.17) is 9.47 Å². The van der Waals surface area contributed by atoms with Crippen LogP contribution in [-0.4, -0.2) is 71.0 Å². The quantitative estimate of drug-likeness (QED) is 0.459. The predicted octanol–water partition coefficient (Wildman–Crippen LogP) is 1.15. The number of ether oxygens (including phenoxy) is 2. The topological polar surface area (TPSA) is 80.2 Å². The molecule has 0 aromatic heterocycles. The van der Waals surface area contributed by atoms with Crippen LogP contribution in [0.2, 0.25) is 0 Å². The second-order valence-electron chi connectivity index (χ2n) is 7.59. The number of likely N-dealkylation sites (tertiary alicyclic amines) is 1. The Labute approximate surface area is 160 Å². The molecule has 3 fully saturated rings. The second-order valence-corrected chi connectivity index (χ2v) is 9.60. The van der Waals surface area contributed by atoms with Crippen molar-refractivity contribution >= 4 is 15.8 Å². The van der Waals surface area contributed by atoms with E-state index in [1.165, 1.54) is 19.1 Å². The molecule has 3 saturated heterocycles. The van der Waals surface area contributed by atoms with Crippen molar-refractivity contribution in [2.24, 2.45) is 16.8 Å². The molecule has 4 rings (SSSR count). The maximum Gasteiger partial charge on any atom is 0.193 e. The molecule has 3 heterocycles. The number of fused-ring (bicyclic) bond motifs is 5. The minimum atomic E-state index is -3.18. The summed E-state index contributed by atoms with van der Waals surface area (Å²) in [6.07, 6.45) is 4.50. The van der Waals surface area contributed by atoms with E-state index in [0.29, 0.717) is 47.8 Å². The van der Waals surface area contributed by atoms with Gasteiger partial charge in [0.25, 0.3) is 0 Å². The van der Waals surface area contributed by atoms with Crippen LogP contribution in [0.25, 0.3) is 0 Å². The molecular formula is C19H27N3O4S. The van der Waals surface area contributed by atoms with Gasteiger partial charge in [0.1, 0.15) is 12.4 Å². The van der Waals surface area contributed by atoms with Crippen LogP contribution >= 0.6 is 0 Å². The molecule has 4 unspecified atom stereocenters. The van der Waals surface area contributed by atoms with Crippen molar-refractivity contribution in [1.29, 1.82) is 0 Å². The number of sulfone groups is 1. The Balaban J connectivity index is 1.24. The molecule has 1 N–H and O–H groups in total. The first kappa shape index (κ1) is 18.6. The molecule has 8 heteroatoms. The number of guanidine groups is 1. The molecule has 148 valence electrons. The number of hydrogen-bond acceptors (Lipinski definition) is 5. The Morgan fingerprint density at radius 2 is 1.85 bits per heavy atom. The first-order valence-electron chi connectivity index (χ1n) is 9.49. The van der Waals surface area contributed by atoms with E-state index in [9.17, 15) is 8.42 Å². The van der Waals surface area contributed by atoms with E-state index in [-0.39, 0.29) is 0 Å². The number of aliphatic imine (C=N–C) groups is 1. The van der Waals surface area contributed by atoms with Gasteiger partial charge in [-0.3, -0.25) is 4.99 Å². The lowest BCUT2D eigenvalue weighted by molar-refractivity contribution is 0.0767. The highest BCUT2D eigenvalue weighted by Crippen LogP contribution is 2.47. The van der Waals surface area contributed by atoms with Crippen LogP contribution in [0.5, 0.6) is 5.75 Å². The molecule has 0 spiro atoms. The van der Waals surface area contributed by atoms with Crippen LogP contribution in [0.15, 0.2) is 34.2 Å². The van der Waals surface area contributed by atoms with Crippen LogP contribution in [0.1, 0.15) is 12.8 Å². The molecule has 0 amide bonds. The van der Waals surface area contributed by atoms with Gasteiger partial charge in [0.05, 0.1) is 23.6 Å². The summed E-state index contributed by atoms with van der Waals surface area (Å²) in [6.45, 7) is 3.14. The first-order valence-corrected chi connectivity index (χ1v) is 11.4. The Hall–Kier alpha value is -1.80. The molecular weight excluding hydrogens is 366 g/mol. The van der Waals surface area contributed by atoms with Crippen molar-refractivity contribution in [2.45, 2.75) is 29.9 Å². The molecule has 27 heavy (non-hydrogen) atoms. The lowest BCUT2D eigenvalue weighted by Gasteiger charge is -2.23. The molecule has 1 aromatic carbocycles.